The third-order valence-electron chi connectivity index (χ3n) is 3.32. The fraction of sp³-hybridized carbons (Fsp3) is 0.533. The van der Waals surface area contributed by atoms with Crippen molar-refractivity contribution in [3.63, 3.8) is 0 Å². The molecule has 6 heteroatoms. The van der Waals surface area contributed by atoms with Gasteiger partial charge in [-0.05, 0) is 63.0 Å². The number of rotatable bonds is 4. The lowest BCUT2D eigenvalue weighted by atomic mass is 10.0. The molecule has 6 nitrogen and oxygen atoms in total. The Kier molecular flexibility index (Phi) is 4.27. The van der Waals surface area contributed by atoms with E-state index in [-0.39, 0.29) is 11.6 Å². The molecule has 0 aliphatic rings. The predicted molar refractivity (Wildman–Crippen MR) is 81.3 cm³/mol. The zero-order chi connectivity index (χ0) is 15.6. The summed E-state index contributed by atoms with van der Waals surface area (Å²) in [6.07, 6.45) is 0. The van der Waals surface area contributed by atoms with Crippen molar-refractivity contribution >= 4 is 0 Å². The summed E-state index contributed by atoms with van der Waals surface area (Å²) in [7, 11) is 5.71. The van der Waals surface area contributed by atoms with E-state index < -0.39 is 0 Å². The predicted octanol–water partition coefficient (Wildman–Crippen LogP) is 2.09. The van der Waals surface area contributed by atoms with E-state index in [4.69, 9.17) is 4.74 Å². The molecular formula is C15H23N5O. The Hall–Kier alpha value is -1.95. The number of nitrogens with zero attached hydrogens (tertiary/aromatic N) is 5. The van der Waals surface area contributed by atoms with Gasteiger partial charge in [0.25, 0.3) is 0 Å². The molecule has 0 saturated heterocycles. The van der Waals surface area contributed by atoms with E-state index in [1.165, 1.54) is 0 Å². The maximum atomic E-state index is 5.22. The Morgan fingerprint density at radius 2 is 1.76 bits per heavy atom. The number of hydrogen-bond acceptors (Lipinski definition) is 5. The van der Waals surface area contributed by atoms with Crippen LogP contribution < -0.4 is 4.74 Å². The lowest BCUT2D eigenvalue weighted by Crippen LogP contribution is -2.31. The van der Waals surface area contributed by atoms with Crippen molar-refractivity contribution in [1.29, 1.82) is 0 Å². The van der Waals surface area contributed by atoms with E-state index >= 15 is 0 Å². The highest BCUT2D eigenvalue weighted by Gasteiger charge is 2.28. The minimum atomic E-state index is -0.167. The van der Waals surface area contributed by atoms with Crippen LogP contribution in [0.2, 0.25) is 0 Å². The molecule has 0 bridgehead atoms. The monoisotopic (exact) mass is 289 g/mol. The summed E-state index contributed by atoms with van der Waals surface area (Å²) in [5.41, 5.74) is 0.959. The van der Waals surface area contributed by atoms with Crippen LogP contribution in [-0.4, -0.2) is 46.3 Å². The summed E-state index contributed by atoms with van der Waals surface area (Å²) in [5.74, 6) is 1.67. The van der Waals surface area contributed by atoms with Gasteiger partial charge in [0, 0.05) is 0 Å². The molecular weight excluding hydrogens is 266 g/mol. The SMILES string of the molecule is COc1ccc(C(c2nnnn2C(C)(C)C)N(C)C)cc1. The van der Waals surface area contributed by atoms with Gasteiger partial charge in [-0.15, -0.1) is 5.10 Å². The maximum absolute atomic E-state index is 5.22. The topological polar surface area (TPSA) is 56.1 Å². The number of aromatic nitrogens is 4. The average Bonchev–Trinajstić information content (AvgIpc) is 2.88. The Morgan fingerprint density at radius 1 is 1.14 bits per heavy atom. The van der Waals surface area contributed by atoms with Crippen molar-refractivity contribution < 1.29 is 4.74 Å². The summed E-state index contributed by atoms with van der Waals surface area (Å²) < 4.78 is 7.10. The second-order valence-electron chi connectivity index (χ2n) is 6.26. The number of methoxy groups -OCH3 is 1. The molecule has 0 aliphatic heterocycles. The smallest absolute Gasteiger partial charge is 0.173 e. The molecule has 1 unspecified atom stereocenters. The molecule has 0 spiro atoms. The van der Waals surface area contributed by atoms with E-state index in [0.717, 1.165) is 17.1 Å². The van der Waals surface area contributed by atoms with E-state index in [0.29, 0.717) is 0 Å². The first-order chi connectivity index (χ1) is 9.84. The van der Waals surface area contributed by atoms with Crippen LogP contribution in [0.15, 0.2) is 24.3 Å². The van der Waals surface area contributed by atoms with Crippen LogP contribution in [0.5, 0.6) is 5.75 Å². The van der Waals surface area contributed by atoms with E-state index in [1.807, 2.05) is 43.0 Å². The van der Waals surface area contributed by atoms with Gasteiger partial charge in [-0.1, -0.05) is 12.1 Å². The largest absolute Gasteiger partial charge is 0.497 e. The minimum absolute atomic E-state index is 0.00914. The summed E-state index contributed by atoms with van der Waals surface area (Å²) in [6, 6.07) is 8.00. The number of ether oxygens (including phenoxy) is 1. The Labute approximate surface area is 125 Å². The lowest BCUT2D eigenvalue weighted by Gasteiger charge is -2.28. The van der Waals surface area contributed by atoms with Gasteiger partial charge in [0.1, 0.15) is 5.75 Å². The van der Waals surface area contributed by atoms with Crippen LogP contribution >= 0.6 is 0 Å². The molecule has 1 heterocycles. The standard InChI is InChI=1S/C15H23N5O/c1-15(2,3)20-14(16-17-18-20)13(19(4)5)11-7-9-12(21-6)10-8-11/h7-10,13H,1-6H3. The minimum Gasteiger partial charge on any atom is -0.497 e. The van der Waals surface area contributed by atoms with Gasteiger partial charge < -0.3 is 4.74 Å². The van der Waals surface area contributed by atoms with Crippen molar-refractivity contribution in [1.82, 2.24) is 25.1 Å². The molecule has 0 fully saturated rings. The number of hydrogen-bond donors (Lipinski definition) is 0. The van der Waals surface area contributed by atoms with Crippen LogP contribution in [0.25, 0.3) is 0 Å². The zero-order valence-corrected chi connectivity index (χ0v) is 13.5. The van der Waals surface area contributed by atoms with Crippen molar-refractivity contribution in [2.24, 2.45) is 0 Å². The summed E-state index contributed by atoms with van der Waals surface area (Å²) >= 11 is 0. The van der Waals surface area contributed by atoms with Gasteiger partial charge in [-0.2, -0.15) is 0 Å². The lowest BCUT2D eigenvalue weighted by molar-refractivity contribution is 0.276. The van der Waals surface area contributed by atoms with Crippen LogP contribution in [0.1, 0.15) is 38.2 Å². The fourth-order valence-corrected chi connectivity index (χ4v) is 2.31. The second-order valence-corrected chi connectivity index (χ2v) is 6.26. The van der Waals surface area contributed by atoms with Gasteiger partial charge in [-0.25, -0.2) is 4.68 Å². The van der Waals surface area contributed by atoms with Gasteiger partial charge in [-0.3, -0.25) is 4.90 Å². The Bertz CT molecular complexity index is 583. The molecule has 1 aromatic heterocycles. The molecule has 114 valence electrons. The van der Waals surface area contributed by atoms with E-state index in [1.54, 1.807) is 7.11 Å². The van der Waals surface area contributed by atoms with Gasteiger partial charge >= 0.3 is 0 Å². The van der Waals surface area contributed by atoms with Crippen LogP contribution in [0.3, 0.4) is 0 Å². The quantitative estimate of drug-likeness (QED) is 0.862. The first-order valence-corrected chi connectivity index (χ1v) is 6.93. The van der Waals surface area contributed by atoms with Crippen molar-refractivity contribution in [2.45, 2.75) is 32.4 Å². The second kappa shape index (κ2) is 5.81. The number of tetrazole rings is 1. The highest BCUT2D eigenvalue weighted by atomic mass is 16.5. The van der Waals surface area contributed by atoms with E-state index in [9.17, 15) is 0 Å². The van der Waals surface area contributed by atoms with Crippen LogP contribution in [0, 0.1) is 0 Å². The molecule has 0 N–H and O–H groups in total. The third-order valence-corrected chi connectivity index (χ3v) is 3.32. The normalized spacial score (nSPS) is 13.5. The summed E-state index contributed by atoms with van der Waals surface area (Å²) in [5, 5.41) is 12.3. The Balaban J connectivity index is 2.47. The molecule has 21 heavy (non-hydrogen) atoms. The highest BCUT2D eigenvalue weighted by Crippen LogP contribution is 2.28. The first kappa shape index (κ1) is 15.4. The third kappa shape index (κ3) is 3.21. The summed E-state index contributed by atoms with van der Waals surface area (Å²) in [4.78, 5) is 2.11. The molecule has 0 aliphatic carbocycles. The van der Waals surface area contributed by atoms with Crippen LogP contribution in [0.4, 0.5) is 0 Å². The molecule has 0 saturated carbocycles. The number of benzene rings is 1. The van der Waals surface area contributed by atoms with Crippen molar-refractivity contribution in [3.05, 3.63) is 35.7 Å². The van der Waals surface area contributed by atoms with Gasteiger partial charge in [0.05, 0.1) is 18.7 Å². The molecule has 0 amide bonds. The van der Waals surface area contributed by atoms with Crippen molar-refractivity contribution in [3.8, 4) is 5.75 Å². The van der Waals surface area contributed by atoms with Crippen molar-refractivity contribution in [2.75, 3.05) is 21.2 Å². The first-order valence-electron chi connectivity index (χ1n) is 6.93. The maximum Gasteiger partial charge on any atom is 0.173 e. The molecule has 2 rings (SSSR count). The molecule has 1 aromatic carbocycles. The molecule has 0 radical (unpaired) electrons. The van der Waals surface area contributed by atoms with E-state index in [2.05, 4.69) is 41.2 Å². The Morgan fingerprint density at radius 3 is 2.24 bits per heavy atom. The average molecular weight is 289 g/mol. The zero-order valence-electron chi connectivity index (χ0n) is 13.5. The molecule has 2 aromatic rings. The van der Waals surface area contributed by atoms with Crippen LogP contribution in [-0.2, 0) is 5.54 Å². The fourth-order valence-electron chi connectivity index (χ4n) is 2.31. The van der Waals surface area contributed by atoms with Gasteiger partial charge in [0.2, 0.25) is 0 Å². The van der Waals surface area contributed by atoms with Gasteiger partial charge in [0.15, 0.2) is 5.82 Å². The summed E-state index contributed by atoms with van der Waals surface area (Å²) in [6.45, 7) is 6.27. The molecule has 1 atom stereocenters. The highest BCUT2D eigenvalue weighted by molar-refractivity contribution is 5.31.